The molecule has 0 radical (unpaired) electrons. The van der Waals surface area contributed by atoms with Gasteiger partial charge in [0.2, 0.25) is 0 Å². The molecule has 1 saturated carbocycles. The van der Waals surface area contributed by atoms with Crippen LogP contribution in [0.1, 0.15) is 60.3 Å². The first-order chi connectivity index (χ1) is 12.2. The van der Waals surface area contributed by atoms with Crippen LogP contribution in [-0.4, -0.2) is 23.8 Å². The van der Waals surface area contributed by atoms with Gasteiger partial charge in [-0.05, 0) is 66.5 Å². The van der Waals surface area contributed by atoms with E-state index >= 15 is 0 Å². The molecule has 0 spiro atoms. The van der Waals surface area contributed by atoms with Crippen LogP contribution in [-0.2, 0) is 5.41 Å². The molecular formula is C22H24ClNO. The summed E-state index contributed by atoms with van der Waals surface area (Å²) in [5, 5.41) is 15.1. The molecule has 2 aromatic carbocycles. The molecule has 4 aliphatic carbocycles. The van der Waals surface area contributed by atoms with Crippen molar-refractivity contribution in [2.75, 3.05) is 6.54 Å². The third-order valence-electron chi connectivity index (χ3n) is 6.42. The molecule has 0 aromatic heterocycles. The van der Waals surface area contributed by atoms with Crippen molar-refractivity contribution in [2.24, 2.45) is 0 Å². The summed E-state index contributed by atoms with van der Waals surface area (Å²) in [5.41, 5.74) is 5.52. The summed E-state index contributed by atoms with van der Waals surface area (Å²) in [4.78, 5) is 0. The molecule has 6 rings (SSSR count). The zero-order valence-corrected chi connectivity index (χ0v) is 15.1. The molecule has 2 bridgehead atoms. The van der Waals surface area contributed by atoms with Crippen LogP contribution in [0, 0.1) is 0 Å². The first-order valence-electron chi connectivity index (χ1n) is 9.48. The highest BCUT2D eigenvalue weighted by Crippen LogP contribution is 2.58. The first-order valence-corrected chi connectivity index (χ1v) is 9.86. The van der Waals surface area contributed by atoms with Gasteiger partial charge in [0, 0.05) is 28.9 Å². The maximum Gasteiger partial charge on any atom is 0.0676 e. The second-order valence-corrected chi connectivity index (χ2v) is 8.47. The van der Waals surface area contributed by atoms with Gasteiger partial charge in [-0.15, -0.1) is 0 Å². The van der Waals surface area contributed by atoms with Crippen LogP contribution in [0.5, 0.6) is 0 Å². The van der Waals surface area contributed by atoms with Crippen molar-refractivity contribution in [1.29, 1.82) is 0 Å². The van der Waals surface area contributed by atoms with E-state index in [2.05, 4.69) is 41.7 Å². The Morgan fingerprint density at radius 2 is 1.88 bits per heavy atom. The largest absolute Gasteiger partial charge is 0.392 e. The molecule has 25 heavy (non-hydrogen) atoms. The molecule has 0 aliphatic heterocycles. The molecule has 2 aromatic rings. The lowest BCUT2D eigenvalue weighted by molar-refractivity contribution is 0.127. The predicted octanol–water partition coefficient (Wildman–Crippen LogP) is 4.37. The summed E-state index contributed by atoms with van der Waals surface area (Å²) in [7, 11) is 0. The Bertz CT molecular complexity index is 815. The fraction of sp³-hybridized carbons (Fsp3) is 0.455. The van der Waals surface area contributed by atoms with Gasteiger partial charge in [-0.2, -0.15) is 0 Å². The van der Waals surface area contributed by atoms with Gasteiger partial charge < -0.3 is 10.4 Å². The predicted molar refractivity (Wildman–Crippen MR) is 101 cm³/mol. The van der Waals surface area contributed by atoms with Gasteiger partial charge in [-0.25, -0.2) is 0 Å². The fourth-order valence-electron chi connectivity index (χ4n) is 5.15. The van der Waals surface area contributed by atoms with E-state index in [1.165, 1.54) is 35.1 Å². The van der Waals surface area contributed by atoms with Crippen LogP contribution in [0.4, 0.5) is 0 Å². The minimum atomic E-state index is -0.338. The van der Waals surface area contributed by atoms with E-state index in [-0.39, 0.29) is 11.5 Å². The van der Waals surface area contributed by atoms with Crippen molar-refractivity contribution in [1.82, 2.24) is 5.32 Å². The standard InChI is InChI=1S/C22H24ClNO/c23-14-5-8-19-17-9-10-22(21(19)11-14,20-4-2-1-3-18(17)20)12-16(25)13-24-15-6-7-15/h1-5,8,11,15-17,24-25H,6-7,9-10,12-13H2. The Hall–Kier alpha value is -1.35. The average molecular weight is 354 g/mol. The van der Waals surface area contributed by atoms with Gasteiger partial charge in [0.25, 0.3) is 0 Å². The summed E-state index contributed by atoms with van der Waals surface area (Å²) in [6.45, 7) is 0.688. The lowest BCUT2D eigenvalue weighted by Gasteiger charge is -2.50. The van der Waals surface area contributed by atoms with Gasteiger partial charge in [-0.1, -0.05) is 41.9 Å². The Kier molecular flexibility index (Phi) is 3.70. The highest BCUT2D eigenvalue weighted by Gasteiger charge is 2.48. The van der Waals surface area contributed by atoms with Crippen LogP contribution >= 0.6 is 11.6 Å². The Morgan fingerprint density at radius 1 is 1.08 bits per heavy atom. The number of aliphatic hydroxyl groups is 1. The Morgan fingerprint density at radius 3 is 2.72 bits per heavy atom. The zero-order valence-electron chi connectivity index (χ0n) is 14.3. The van der Waals surface area contributed by atoms with Gasteiger partial charge in [0.05, 0.1) is 6.10 Å². The van der Waals surface area contributed by atoms with Crippen LogP contribution in [0.25, 0.3) is 0 Å². The van der Waals surface area contributed by atoms with Crippen molar-refractivity contribution >= 4 is 11.6 Å². The van der Waals surface area contributed by atoms with Crippen molar-refractivity contribution in [3.63, 3.8) is 0 Å². The lowest BCUT2D eigenvalue weighted by Crippen LogP contribution is -2.44. The van der Waals surface area contributed by atoms with Crippen molar-refractivity contribution < 1.29 is 5.11 Å². The normalized spacial score (nSPS) is 27.7. The van der Waals surface area contributed by atoms with E-state index in [1.54, 1.807) is 0 Å². The average Bonchev–Trinajstić information content (AvgIpc) is 3.45. The zero-order chi connectivity index (χ0) is 17.0. The van der Waals surface area contributed by atoms with Gasteiger partial charge in [0.15, 0.2) is 0 Å². The highest BCUT2D eigenvalue weighted by molar-refractivity contribution is 6.30. The highest BCUT2D eigenvalue weighted by atomic mass is 35.5. The number of rotatable bonds is 5. The van der Waals surface area contributed by atoms with Crippen molar-refractivity contribution in [3.05, 3.63) is 69.7 Å². The maximum absolute atomic E-state index is 10.8. The third kappa shape index (κ3) is 2.54. The number of benzene rings is 2. The van der Waals surface area contributed by atoms with Gasteiger partial charge in [0.1, 0.15) is 0 Å². The first kappa shape index (κ1) is 15.9. The number of nitrogens with one attached hydrogen (secondary N) is 1. The van der Waals surface area contributed by atoms with Gasteiger partial charge >= 0.3 is 0 Å². The van der Waals surface area contributed by atoms with E-state index in [1.807, 2.05) is 6.07 Å². The minimum absolute atomic E-state index is 0.101. The Balaban J connectivity index is 1.58. The molecule has 3 heteroatoms. The van der Waals surface area contributed by atoms with Crippen LogP contribution < -0.4 is 5.32 Å². The molecule has 130 valence electrons. The summed E-state index contributed by atoms with van der Waals surface area (Å²) < 4.78 is 0. The second-order valence-electron chi connectivity index (χ2n) is 8.03. The molecule has 1 fully saturated rings. The summed E-state index contributed by atoms with van der Waals surface area (Å²) in [6.07, 6.45) is 5.19. The SMILES string of the molecule is OC(CNC1CC1)CC12CCC(c3ccccc31)c1ccc(Cl)cc12. The molecular weight excluding hydrogens is 330 g/mol. The summed E-state index contributed by atoms with van der Waals surface area (Å²) >= 11 is 6.38. The number of aliphatic hydroxyl groups excluding tert-OH is 1. The number of hydrogen-bond acceptors (Lipinski definition) is 2. The van der Waals surface area contributed by atoms with Crippen molar-refractivity contribution in [2.45, 2.75) is 55.6 Å². The molecule has 2 nitrogen and oxygen atoms in total. The van der Waals surface area contributed by atoms with Crippen LogP contribution in [0.2, 0.25) is 5.02 Å². The van der Waals surface area contributed by atoms with E-state index < -0.39 is 0 Å². The molecule has 3 atom stereocenters. The summed E-state index contributed by atoms with van der Waals surface area (Å²) in [5.74, 6) is 0.479. The number of hydrogen-bond donors (Lipinski definition) is 2. The molecule has 0 amide bonds. The third-order valence-corrected chi connectivity index (χ3v) is 6.66. The van der Waals surface area contributed by atoms with E-state index in [9.17, 15) is 5.11 Å². The molecule has 2 N–H and O–H groups in total. The van der Waals surface area contributed by atoms with Crippen LogP contribution in [0.15, 0.2) is 42.5 Å². The van der Waals surface area contributed by atoms with E-state index in [4.69, 9.17) is 11.6 Å². The lowest BCUT2D eigenvalue weighted by atomic mass is 9.53. The quantitative estimate of drug-likeness (QED) is 0.836. The maximum atomic E-state index is 10.8. The van der Waals surface area contributed by atoms with Crippen LogP contribution in [0.3, 0.4) is 0 Å². The number of halogens is 1. The van der Waals surface area contributed by atoms with Crippen molar-refractivity contribution in [3.8, 4) is 0 Å². The second kappa shape index (κ2) is 5.84. The Labute approximate surface area is 154 Å². The number of fused-ring (bicyclic) bond motifs is 1. The topological polar surface area (TPSA) is 32.3 Å². The van der Waals surface area contributed by atoms with E-state index in [0.29, 0.717) is 18.5 Å². The van der Waals surface area contributed by atoms with E-state index in [0.717, 1.165) is 24.3 Å². The molecule has 0 heterocycles. The fourth-order valence-corrected chi connectivity index (χ4v) is 5.33. The van der Waals surface area contributed by atoms with Gasteiger partial charge in [-0.3, -0.25) is 0 Å². The monoisotopic (exact) mass is 353 g/mol. The summed E-state index contributed by atoms with van der Waals surface area (Å²) in [6, 6.07) is 15.8. The smallest absolute Gasteiger partial charge is 0.0676 e. The molecule has 4 aliphatic rings. The molecule has 3 unspecified atom stereocenters. The molecule has 0 saturated heterocycles. The minimum Gasteiger partial charge on any atom is -0.392 e.